The summed E-state index contributed by atoms with van der Waals surface area (Å²) in [6, 6.07) is 0. The van der Waals surface area contributed by atoms with Gasteiger partial charge in [-0.15, -0.1) is 0 Å². The monoisotopic (exact) mass is 166 g/mol. The molecule has 0 aliphatic rings. The summed E-state index contributed by atoms with van der Waals surface area (Å²) in [6.45, 7) is 0. The summed E-state index contributed by atoms with van der Waals surface area (Å²) in [6.07, 6.45) is 2.63. The van der Waals surface area contributed by atoms with Crippen molar-refractivity contribution < 1.29 is 5.11 Å². The van der Waals surface area contributed by atoms with Gasteiger partial charge in [-0.05, 0) is 0 Å². The molecule has 2 aromatic rings. The standard InChI is InChI=1S/C5H6N6O/c6-10-11-2-9-3-4(11)7-1-8-5(3)12/h1-2,10H,6H2,(H,7,8,12). The highest BCUT2D eigenvalue weighted by atomic mass is 16.3. The van der Waals surface area contributed by atoms with Crippen LogP contribution in [0.5, 0.6) is 5.88 Å². The van der Waals surface area contributed by atoms with Crippen LogP contribution >= 0.6 is 0 Å². The molecule has 0 unspecified atom stereocenters. The number of hydrazine groups is 1. The lowest BCUT2D eigenvalue weighted by Crippen LogP contribution is -2.20. The molecular formula is C5H6N6O. The van der Waals surface area contributed by atoms with E-state index in [9.17, 15) is 5.11 Å². The molecule has 0 amide bonds. The Morgan fingerprint density at radius 1 is 1.42 bits per heavy atom. The third-order valence-electron chi connectivity index (χ3n) is 1.45. The first-order chi connectivity index (χ1) is 5.83. The van der Waals surface area contributed by atoms with Crippen molar-refractivity contribution >= 4 is 11.2 Å². The molecule has 62 valence electrons. The summed E-state index contributed by atoms with van der Waals surface area (Å²) in [5, 5.41) is 9.18. The van der Waals surface area contributed by atoms with Gasteiger partial charge in [-0.25, -0.2) is 20.5 Å². The van der Waals surface area contributed by atoms with Crippen LogP contribution in [0.25, 0.3) is 11.2 Å². The fourth-order valence-electron chi connectivity index (χ4n) is 0.917. The minimum atomic E-state index is -0.158. The molecule has 7 heteroatoms. The summed E-state index contributed by atoms with van der Waals surface area (Å²) >= 11 is 0. The van der Waals surface area contributed by atoms with Crippen LogP contribution in [0.2, 0.25) is 0 Å². The Labute approximate surface area is 66.8 Å². The second-order valence-electron chi connectivity index (χ2n) is 2.11. The van der Waals surface area contributed by atoms with E-state index in [0.717, 1.165) is 0 Å². The van der Waals surface area contributed by atoms with Crippen molar-refractivity contribution in [1.29, 1.82) is 0 Å². The molecular weight excluding hydrogens is 160 g/mol. The minimum absolute atomic E-state index is 0.158. The smallest absolute Gasteiger partial charge is 0.243 e. The average molecular weight is 166 g/mol. The molecule has 0 bridgehead atoms. The summed E-state index contributed by atoms with van der Waals surface area (Å²) in [5.74, 6) is 4.98. The maximum atomic E-state index is 9.18. The van der Waals surface area contributed by atoms with Crippen LogP contribution in [0, 0.1) is 0 Å². The third-order valence-corrected chi connectivity index (χ3v) is 1.45. The zero-order valence-electron chi connectivity index (χ0n) is 5.97. The van der Waals surface area contributed by atoms with E-state index in [1.807, 2.05) is 0 Å². The van der Waals surface area contributed by atoms with E-state index in [0.29, 0.717) is 11.2 Å². The Morgan fingerprint density at radius 2 is 2.25 bits per heavy atom. The zero-order chi connectivity index (χ0) is 8.55. The van der Waals surface area contributed by atoms with Gasteiger partial charge in [0.25, 0.3) is 0 Å². The fourth-order valence-corrected chi connectivity index (χ4v) is 0.917. The number of nitrogens with one attached hydrogen (secondary N) is 1. The Bertz CT molecular complexity index is 409. The first-order valence-corrected chi connectivity index (χ1v) is 3.16. The van der Waals surface area contributed by atoms with Gasteiger partial charge in [-0.3, -0.25) is 5.53 Å². The lowest BCUT2D eigenvalue weighted by Gasteiger charge is -1.98. The van der Waals surface area contributed by atoms with Gasteiger partial charge in [-0.2, -0.15) is 4.98 Å². The quantitative estimate of drug-likeness (QED) is 0.369. The van der Waals surface area contributed by atoms with Crippen LogP contribution in [0.4, 0.5) is 0 Å². The number of aromatic hydroxyl groups is 1. The minimum Gasteiger partial charge on any atom is -0.492 e. The normalized spacial score (nSPS) is 10.4. The largest absolute Gasteiger partial charge is 0.492 e. The molecule has 2 heterocycles. The van der Waals surface area contributed by atoms with Gasteiger partial charge in [0.05, 0.1) is 0 Å². The SMILES string of the molecule is NNn1cnc2c(O)ncnc21. The molecule has 0 aliphatic heterocycles. The summed E-state index contributed by atoms with van der Waals surface area (Å²) in [7, 11) is 0. The number of hydrogen-bond acceptors (Lipinski definition) is 6. The molecule has 0 fully saturated rings. The second kappa shape index (κ2) is 2.31. The van der Waals surface area contributed by atoms with Crippen LogP contribution in [0.1, 0.15) is 0 Å². The lowest BCUT2D eigenvalue weighted by molar-refractivity contribution is 0.458. The number of nitrogens with zero attached hydrogens (tertiary/aromatic N) is 4. The van der Waals surface area contributed by atoms with Crippen LogP contribution in [-0.2, 0) is 0 Å². The highest BCUT2D eigenvalue weighted by molar-refractivity contribution is 5.75. The number of hydrogen-bond donors (Lipinski definition) is 3. The molecule has 7 nitrogen and oxygen atoms in total. The second-order valence-corrected chi connectivity index (χ2v) is 2.11. The van der Waals surface area contributed by atoms with Crippen LogP contribution in [-0.4, -0.2) is 24.7 Å². The van der Waals surface area contributed by atoms with Gasteiger partial charge >= 0.3 is 0 Å². The van der Waals surface area contributed by atoms with Crippen molar-refractivity contribution in [2.75, 3.05) is 5.53 Å². The van der Waals surface area contributed by atoms with E-state index in [4.69, 9.17) is 5.84 Å². The van der Waals surface area contributed by atoms with Gasteiger partial charge in [0.15, 0.2) is 11.2 Å². The van der Waals surface area contributed by atoms with Gasteiger partial charge in [0.2, 0.25) is 5.88 Å². The molecule has 2 aromatic heterocycles. The topological polar surface area (TPSA) is 102 Å². The molecule has 0 spiro atoms. The van der Waals surface area contributed by atoms with Crippen molar-refractivity contribution in [3.8, 4) is 5.88 Å². The number of aromatic nitrogens is 4. The molecule has 0 atom stereocenters. The van der Waals surface area contributed by atoms with Gasteiger partial charge in [0, 0.05) is 0 Å². The van der Waals surface area contributed by atoms with Crippen molar-refractivity contribution in [2.24, 2.45) is 5.84 Å². The maximum absolute atomic E-state index is 9.18. The van der Waals surface area contributed by atoms with Crippen molar-refractivity contribution in [3.05, 3.63) is 12.7 Å². The van der Waals surface area contributed by atoms with Gasteiger partial charge in [0.1, 0.15) is 12.7 Å². The summed E-state index contributed by atoms with van der Waals surface area (Å²) < 4.78 is 1.37. The van der Waals surface area contributed by atoms with Crippen LogP contribution < -0.4 is 11.4 Å². The van der Waals surface area contributed by atoms with E-state index < -0.39 is 0 Å². The van der Waals surface area contributed by atoms with E-state index in [-0.39, 0.29) is 5.88 Å². The number of nitrogens with two attached hydrogens (primary N) is 1. The first-order valence-electron chi connectivity index (χ1n) is 3.16. The number of nitrogen functional groups attached to an aromatic ring is 1. The highest BCUT2D eigenvalue weighted by Crippen LogP contribution is 2.15. The van der Waals surface area contributed by atoms with Gasteiger partial charge in [-0.1, -0.05) is 0 Å². The number of fused-ring (bicyclic) bond motifs is 1. The molecule has 0 aromatic carbocycles. The first kappa shape index (κ1) is 6.80. The predicted octanol–water partition coefficient (Wildman–Crippen LogP) is -1.05. The van der Waals surface area contributed by atoms with E-state index >= 15 is 0 Å². The molecule has 0 saturated carbocycles. The summed E-state index contributed by atoms with van der Waals surface area (Å²) in [5.41, 5.74) is 3.08. The van der Waals surface area contributed by atoms with E-state index in [1.165, 1.54) is 17.3 Å². The Hall–Kier alpha value is -1.89. The lowest BCUT2D eigenvalue weighted by atomic mass is 10.5. The van der Waals surface area contributed by atoms with Crippen molar-refractivity contribution in [3.63, 3.8) is 0 Å². The third kappa shape index (κ3) is 0.768. The van der Waals surface area contributed by atoms with E-state index in [2.05, 4.69) is 20.5 Å². The van der Waals surface area contributed by atoms with Crippen molar-refractivity contribution in [2.45, 2.75) is 0 Å². The molecule has 0 aliphatic carbocycles. The highest BCUT2D eigenvalue weighted by Gasteiger charge is 2.06. The number of rotatable bonds is 1. The van der Waals surface area contributed by atoms with Crippen molar-refractivity contribution in [1.82, 2.24) is 19.6 Å². The fraction of sp³-hybridized carbons (Fsp3) is 0. The van der Waals surface area contributed by atoms with Crippen LogP contribution in [0.15, 0.2) is 12.7 Å². The molecule has 12 heavy (non-hydrogen) atoms. The molecule has 0 radical (unpaired) electrons. The molecule has 4 N–H and O–H groups in total. The Morgan fingerprint density at radius 3 is 3.00 bits per heavy atom. The number of imidazole rings is 1. The van der Waals surface area contributed by atoms with E-state index in [1.54, 1.807) is 0 Å². The Kier molecular flexibility index (Phi) is 1.31. The average Bonchev–Trinajstić information content (AvgIpc) is 2.49. The zero-order valence-corrected chi connectivity index (χ0v) is 5.97. The maximum Gasteiger partial charge on any atom is 0.243 e. The van der Waals surface area contributed by atoms with Gasteiger partial charge < -0.3 is 5.11 Å². The molecule has 2 rings (SSSR count). The Balaban J connectivity index is 2.80. The summed E-state index contributed by atoms with van der Waals surface area (Å²) in [4.78, 5) is 11.2. The molecule has 0 saturated heterocycles. The predicted molar refractivity (Wildman–Crippen MR) is 40.5 cm³/mol. The van der Waals surface area contributed by atoms with Crippen LogP contribution in [0.3, 0.4) is 0 Å².